The van der Waals surface area contributed by atoms with Crippen LogP contribution >= 0.6 is 0 Å². The third-order valence-electron chi connectivity index (χ3n) is 12.9. The van der Waals surface area contributed by atoms with Crippen LogP contribution in [0.15, 0.2) is 11.6 Å². The zero-order valence-electron chi connectivity index (χ0n) is 24.5. The Labute approximate surface area is 227 Å². The lowest BCUT2D eigenvalue weighted by atomic mass is 9.34. The highest BCUT2D eigenvalue weighted by Crippen LogP contribution is 2.75. The van der Waals surface area contributed by atoms with Crippen molar-refractivity contribution in [1.29, 1.82) is 0 Å². The summed E-state index contributed by atoms with van der Waals surface area (Å²) in [6.07, 6.45) is 6.65. The number of rotatable bonds is 5. The fourth-order valence-corrected chi connectivity index (χ4v) is 10.4. The van der Waals surface area contributed by atoms with Crippen LogP contribution in [0.3, 0.4) is 0 Å². The van der Waals surface area contributed by atoms with Gasteiger partial charge in [-0.15, -0.1) is 0 Å². The van der Waals surface area contributed by atoms with Crippen molar-refractivity contribution >= 4 is 17.9 Å². The molecule has 3 saturated carbocycles. The molecule has 0 saturated heterocycles. The molecule has 0 radical (unpaired) electrons. The highest BCUT2D eigenvalue weighted by atomic mass is 16.5. The number of ether oxygens (including phenoxy) is 1. The van der Waals surface area contributed by atoms with Gasteiger partial charge in [-0.05, 0) is 99.7 Å². The van der Waals surface area contributed by atoms with Gasteiger partial charge in [0.15, 0.2) is 0 Å². The molecule has 3 fully saturated rings. The summed E-state index contributed by atoms with van der Waals surface area (Å²) in [5.41, 5.74) is -3.30. The number of allylic oxidation sites excluding steroid dienone is 1. The van der Waals surface area contributed by atoms with Gasteiger partial charge in [-0.1, -0.05) is 39.3 Å². The van der Waals surface area contributed by atoms with Gasteiger partial charge in [-0.3, -0.25) is 14.4 Å². The first kappa shape index (κ1) is 29.1. The average Bonchev–Trinajstić information content (AvgIpc) is 2.80. The van der Waals surface area contributed by atoms with Gasteiger partial charge >= 0.3 is 17.9 Å². The second-order valence-electron chi connectivity index (χ2n) is 14.6. The van der Waals surface area contributed by atoms with Gasteiger partial charge in [0.1, 0.15) is 0 Å². The van der Waals surface area contributed by atoms with Crippen LogP contribution < -0.4 is 0 Å². The molecular formula is C31H48O7. The van der Waals surface area contributed by atoms with Crippen molar-refractivity contribution in [1.82, 2.24) is 0 Å². The molecule has 4 rings (SSSR count). The first-order valence-electron chi connectivity index (χ1n) is 14.3. The normalized spacial score (nSPS) is 46.6. The van der Waals surface area contributed by atoms with Gasteiger partial charge in [0.2, 0.25) is 0 Å². The molecule has 7 nitrogen and oxygen atoms in total. The van der Waals surface area contributed by atoms with Crippen LogP contribution in [0.5, 0.6) is 0 Å². The second-order valence-corrected chi connectivity index (χ2v) is 14.6. The maximum absolute atomic E-state index is 12.9. The minimum Gasteiger partial charge on any atom is -0.481 e. The lowest BCUT2D eigenvalue weighted by molar-refractivity contribution is -0.207. The van der Waals surface area contributed by atoms with Crippen molar-refractivity contribution in [2.75, 3.05) is 7.11 Å². The van der Waals surface area contributed by atoms with E-state index in [2.05, 4.69) is 19.9 Å². The molecule has 4 aliphatic carbocycles. The molecular weight excluding hydrogens is 484 g/mol. The van der Waals surface area contributed by atoms with E-state index in [0.29, 0.717) is 38.5 Å². The summed E-state index contributed by atoms with van der Waals surface area (Å²) in [5.74, 6) is -2.73. The van der Waals surface area contributed by atoms with Gasteiger partial charge in [0.05, 0.1) is 30.0 Å². The highest BCUT2D eigenvalue weighted by Gasteiger charge is 2.71. The molecule has 0 unspecified atom stereocenters. The van der Waals surface area contributed by atoms with Crippen molar-refractivity contribution in [3.63, 3.8) is 0 Å². The number of fused-ring (bicyclic) bond motifs is 5. The largest absolute Gasteiger partial charge is 0.481 e. The van der Waals surface area contributed by atoms with E-state index in [4.69, 9.17) is 4.74 Å². The van der Waals surface area contributed by atoms with Crippen molar-refractivity contribution in [3.05, 3.63) is 11.6 Å². The third-order valence-corrected chi connectivity index (χ3v) is 12.9. The van der Waals surface area contributed by atoms with E-state index >= 15 is 0 Å². The molecule has 0 aromatic rings. The summed E-state index contributed by atoms with van der Waals surface area (Å²) in [4.78, 5) is 38.1. The SMILES string of the molecule is COC(=O)C(C)(C)[C@H]1CC[C@]2(C)[C@H](CC=C3[C@H]4[C@](C(=O)O)(CC[C@@H](C)[C@@]4(C)O)CC[C@]32C)[C@@]1(C)CC(=O)O. The quantitative estimate of drug-likeness (QED) is 0.307. The molecule has 0 heterocycles. The minimum atomic E-state index is -1.15. The van der Waals surface area contributed by atoms with Crippen LogP contribution in [-0.4, -0.2) is 45.9 Å². The van der Waals surface area contributed by atoms with E-state index in [-0.39, 0.29) is 41.0 Å². The van der Waals surface area contributed by atoms with Crippen LogP contribution in [0.25, 0.3) is 0 Å². The lowest BCUT2D eigenvalue weighted by Gasteiger charge is -2.70. The summed E-state index contributed by atoms with van der Waals surface area (Å²) in [6, 6.07) is 0. The number of carboxylic acid groups (broad SMARTS) is 2. The smallest absolute Gasteiger partial charge is 0.311 e. The van der Waals surface area contributed by atoms with Gasteiger partial charge < -0.3 is 20.1 Å². The molecule has 3 N–H and O–H groups in total. The van der Waals surface area contributed by atoms with Crippen molar-refractivity contribution in [2.45, 2.75) is 105 Å². The molecule has 38 heavy (non-hydrogen) atoms. The minimum absolute atomic E-state index is 0.0224. The molecule has 0 spiro atoms. The number of esters is 1. The molecule has 0 aromatic carbocycles. The predicted octanol–water partition coefficient (Wildman–Crippen LogP) is 5.70. The molecule has 7 heteroatoms. The van der Waals surface area contributed by atoms with Crippen LogP contribution in [0, 0.1) is 50.7 Å². The molecule has 214 valence electrons. The monoisotopic (exact) mass is 532 g/mol. The molecule has 9 atom stereocenters. The first-order chi connectivity index (χ1) is 17.4. The van der Waals surface area contributed by atoms with Gasteiger partial charge in [-0.2, -0.15) is 0 Å². The zero-order chi connectivity index (χ0) is 28.7. The molecule has 0 aliphatic heterocycles. The van der Waals surface area contributed by atoms with E-state index in [9.17, 15) is 29.7 Å². The Morgan fingerprint density at radius 3 is 2.21 bits per heavy atom. The maximum atomic E-state index is 12.9. The highest BCUT2D eigenvalue weighted by molar-refractivity contribution is 5.78. The lowest BCUT2D eigenvalue weighted by Crippen LogP contribution is -2.67. The van der Waals surface area contributed by atoms with E-state index in [1.54, 1.807) is 0 Å². The molecule has 0 aromatic heterocycles. The number of hydrogen-bond donors (Lipinski definition) is 3. The number of carboxylic acids is 2. The summed E-state index contributed by atoms with van der Waals surface area (Å²) >= 11 is 0. The van der Waals surface area contributed by atoms with E-state index in [0.717, 1.165) is 12.0 Å². The summed E-state index contributed by atoms with van der Waals surface area (Å²) in [6.45, 7) is 14.1. The topological polar surface area (TPSA) is 121 Å². The maximum Gasteiger partial charge on any atom is 0.311 e. The number of aliphatic carboxylic acids is 2. The van der Waals surface area contributed by atoms with Crippen molar-refractivity contribution < 1.29 is 34.4 Å². The molecule has 4 aliphatic rings. The average molecular weight is 533 g/mol. The number of carbonyl (C=O) groups excluding carboxylic acids is 1. The third kappa shape index (κ3) is 3.59. The number of methoxy groups -OCH3 is 1. The van der Waals surface area contributed by atoms with Gasteiger partial charge in [0.25, 0.3) is 0 Å². The molecule has 0 amide bonds. The second kappa shape index (κ2) is 8.81. The number of carbonyl (C=O) groups is 3. The van der Waals surface area contributed by atoms with E-state index in [1.807, 2.05) is 34.6 Å². The van der Waals surface area contributed by atoms with Gasteiger partial charge in [0, 0.05) is 5.92 Å². The summed E-state index contributed by atoms with van der Waals surface area (Å²) in [5, 5.41) is 32.6. The van der Waals surface area contributed by atoms with Crippen molar-refractivity contribution in [2.24, 2.45) is 50.7 Å². The zero-order valence-corrected chi connectivity index (χ0v) is 24.5. The van der Waals surface area contributed by atoms with E-state index < -0.39 is 39.7 Å². The van der Waals surface area contributed by atoms with Crippen LogP contribution in [-0.2, 0) is 19.1 Å². The Bertz CT molecular complexity index is 1060. The predicted molar refractivity (Wildman–Crippen MR) is 143 cm³/mol. The standard InChI is InChI=1S/C31H48O7/c1-18-11-14-31(24(34)35)16-15-28(5)19(23(31)30(18,7)37)9-10-21-27(4,17-22(32)33)20(12-13-29(21,28)6)26(2,3)25(36)38-8/h9,18,20-21,23,37H,10-17H2,1-8H3,(H,32,33)(H,34,35)/t18-,20-,21-,23-,27+,28-,29-,30-,31+/m1/s1. The van der Waals surface area contributed by atoms with Crippen LogP contribution in [0.4, 0.5) is 0 Å². The summed E-state index contributed by atoms with van der Waals surface area (Å²) < 4.78 is 5.18. The van der Waals surface area contributed by atoms with E-state index in [1.165, 1.54) is 7.11 Å². The van der Waals surface area contributed by atoms with Gasteiger partial charge in [-0.25, -0.2) is 0 Å². The molecule has 0 bridgehead atoms. The number of hydrogen-bond acceptors (Lipinski definition) is 5. The van der Waals surface area contributed by atoms with Crippen LogP contribution in [0.2, 0.25) is 0 Å². The fourth-order valence-electron chi connectivity index (χ4n) is 10.4. The first-order valence-corrected chi connectivity index (χ1v) is 14.3. The Morgan fingerprint density at radius 2 is 1.66 bits per heavy atom. The van der Waals surface area contributed by atoms with Crippen LogP contribution in [0.1, 0.15) is 99.8 Å². The Balaban J connectivity index is 1.89. The van der Waals surface area contributed by atoms with Crippen molar-refractivity contribution in [3.8, 4) is 0 Å². The fraction of sp³-hybridized carbons (Fsp3) is 0.839. The Kier molecular flexibility index (Phi) is 6.74. The summed E-state index contributed by atoms with van der Waals surface area (Å²) in [7, 11) is 1.38. The number of aliphatic hydroxyl groups is 1. The Hall–Kier alpha value is -1.89. The Morgan fingerprint density at radius 1 is 1.03 bits per heavy atom.